The molecule has 7 nitrogen and oxygen atoms in total. The molecule has 1 atom stereocenters. The molecule has 0 aromatic rings. The minimum absolute atomic E-state index is 0.129. The second-order valence-electron chi connectivity index (χ2n) is 4.71. The van der Waals surface area contributed by atoms with E-state index >= 15 is 0 Å². The van der Waals surface area contributed by atoms with Crippen molar-refractivity contribution in [1.29, 1.82) is 0 Å². The highest BCUT2D eigenvalue weighted by Gasteiger charge is 2.23. The maximum atomic E-state index is 11.9. The molecular formula is C12H22N2O5. The summed E-state index contributed by atoms with van der Waals surface area (Å²) in [6, 6.07) is -1.65. The van der Waals surface area contributed by atoms with E-state index in [1.807, 2.05) is 13.8 Å². The van der Waals surface area contributed by atoms with E-state index in [2.05, 4.69) is 5.32 Å². The van der Waals surface area contributed by atoms with Gasteiger partial charge in [-0.2, -0.15) is 0 Å². The Bertz CT molecular complexity index is 330. The van der Waals surface area contributed by atoms with Gasteiger partial charge in [-0.25, -0.2) is 9.59 Å². The number of hydrogen-bond acceptors (Lipinski definition) is 3. The van der Waals surface area contributed by atoms with Gasteiger partial charge in [0.2, 0.25) is 0 Å². The molecule has 7 heteroatoms. The molecule has 0 saturated carbocycles. The van der Waals surface area contributed by atoms with Crippen molar-refractivity contribution in [1.82, 2.24) is 10.2 Å². The Morgan fingerprint density at radius 3 is 2.16 bits per heavy atom. The van der Waals surface area contributed by atoms with E-state index in [1.165, 1.54) is 4.90 Å². The molecule has 0 rings (SSSR count). The number of amides is 2. The lowest BCUT2D eigenvalue weighted by Gasteiger charge is -2.25. The van der Waals surface area contributed by atoms with Crippen molar-refractivity contribution in [3.63, 3.8) is 0 Å². The summed E-state index contributed by atoms with van der Waals surface area (Å²) in [4.78, 5) is 34.8. The third-order valence-electron chi connectivity index (χ3n) is 2.50. The molecular weight excluding hydrogens is 252 g/mol. The number of carbonyl (C=O) groups is 3. The van der Waals surface area contributed by atoms with E-state index in [-0.39, 0.29) is 18.8 Å². The van der Waals surface area contributed by atoms with Crippen LogP contribution in [0.4, 0.5) is 4.79 Å². The molecule has 2 amide bonds. The van der Waals surface area contributed by atoms with Crippen LogP contribution in [-0.4, -0.2) is 52.2 Å². The zero-order valence-corrected chi connectivity index (χ0v) is 11.5. The predicted octanol–water partition coefficient (Wildman–Crippen LogP) is 0.992. The fourth-order valence-electron chi connectivity index (χ4n) is 1.56. The van der Waals surface area contributed by atoms with E-state index in [4.69, 9.17) is 10.2 Å². The average Bonchev–Trinajstić information content (AvgIpc) is 2.30. The second kappa shape index (κ2) is 8.34. The molecule has 0 aromatic carbocycles. The number of hydrogen-bond donors (Lipinski definition) is 3. The van der Waals surface area contributed by atoms with Gasteiger partial charge < -0.3 is 20.4 Å². The summed E-state index contributed by atoms with van der Waals surface area (Å²) in [6.45, 7) is 6.70. The summed E-state index contributed by atoms with van der Waals surface area (Å²) < 4.78 is 0. The molecule has 0 aliphatic carbocycles. The van der Waals surface area contributed by atoms with Crippen LogP contribution in [0.15, 0.2) is 0 Å². The van der Waals surface area contributed by atoms with Gasteiger partial charge in [-0.05, 0) is 19.3 Å². The standard InChI is InChI=1S/C12H22N2O5/c1-4-14(7-8(2)3)12(19)13-9(11(17)18)5-6-10(15)16/h8-9H,4-7H2,1-3H3,(H,13,19)(H,15,16)(H,17,18). The topological polar surface area (TPSA) is 107 Å². The fourth-order valence-corrected chi connectivity index (χ4v) is 1.56. The van der Waals surface area contributed by atoms with Crippen molar-refractivity contribution in [2.75, 3.05) is 13.1 Å². The van der Waals surface area contributed by atoms with Crippen LogP contribution in [0, 0.1) is 5.92 Å². The molecule has 0 spiro atoms. The van der Waals surface area contributed by atoms with Gasteiger partial charge in [0, 0.05) is 19.5 Å². The van der Waals surface area contributed by atoms with Crippen LogP contribution >= 0.6 is 0 Å². The number of aliphatic carboxylic acids is 2. The lowest BCUT2D eigenvalue weighted by atomic mass is 10.1. The summed E-state index contributed by atoms with van der Waals surface area (Å²) in [7, 11) is 0. The Kier molecular flexibility index (Phi) is 7.55. The first-order valence-corrected chi connectivity index (χ1v) is 6.27. The Hall–Kier alpha value is -1.79. The maximum absolute atomic E-state index is 11.9. The Balaban J connectivity index is 4.51. The van der Waals surface area contributed by atoms with E-state index in [0.717, 1.165) is 0 Å². The van der Waals surface area contributed by atoms with Crippen LogP contribution in [-0.2, 0) is 9.59 Å². The van der Waals surface area contributed by atoms with Crippen molar-refractivity contribution < 1.29 is 24.6 Å². The smallest absolute Gasteiger partial charge is 0.326 e. The summed E-state index contributed by atoms with van der Waals surface area (Å²) in [5.41, 5.74) is 0. The van der Waals surface area contributed by atoms with E-state index < -0.39 is 24.0 Å². The monoisotopic (exact) mass is 274 g/mol. The number of carbonyl (C=O) groups excluding carboxylic acids is 1. The Morgan fingerprint density at radius 2 is 1.79 bits per heavy atom. The molecule has 0 aliphatic heterocycles. The molecule has 0 bridgehead atoms. The number of rotatable bonds is 8. The van der Waals surface area contributed by atoms with Gasteiger partial charge in [0.15, 0.2) is 0 Å². The van der Waals surface area contributed by atoms with Crippen LogP contribution in [0.25, 0.3) is 0 Å². The lowest BCUT2D eigenvalue weighted by molar-refractivity contribution is -0.140. The summed E-state index contributed by atoms with van der Waals surface area (Å²) in [6.07, 6.45) is -0.427. The normalized spacial score (nSPS) is 12.0. The van der Waals surface area contributed by atoms with Crippen LogP contribution in [0.2, 0.25) is 0 Å². The molecule has 19 heavy (non-hydrogen) atoms. The van der Waals surface area contributed by atoms with Gasteiger partial charge in [0.05, 0.1) is 0 Å². The number of urea groups is 1. The van der Waals surface area contributed by atoms with Crippen molar-refractivity contribution in [2.24, 2.45) is 5.92 Å². The third-order valence-corrected chi connectivity index (χ3v) is 2.50. The largest absolute Gasteiger partial charge is 0.481 e. The van der Waals surface area contributed by atoms with Crippen LogP contribution in [0.5, 0.6) is 0 Å². The first kappa shape index (κ1) is 17.2. The number of carboxylic acid groups (broad SMARTS) is 2. The van der Waals surface area contributed by atoms with Crippen LogP contribution in [0.1, 0.15) is 33.6 Å². The first-order valence-electron chi connectivity index (χ1n) is 6.27. The predicted molar refractivity (Wildman–Crippen MR) is 68.9 cm³/mol. The molecule has 110 valence electrons. The molecule has 0 aromatic heterocycles. The van der Waals surface area contributed by atoms with E-state index in [0.29, 0.717) is 13.1 Å². The maximum Gasteiger partial charge on any atom is 0.326 e. The summed E-state index contributed by atoms with van der Waals surface area (Å²) >= 11 is 0. The number of nitrogens with zero attached hydrogens (tertiary/aromatic N) is 1. The number of nitrogens with one attached hydrogen (secondary N) is 1. The van der Waals surface area contributed by atoms with Crippen molar-refractivity contribution >= 4 is 18.0 Å². The molecule has 0 saturated heterocycles. The van der Waals surface area contributed by atoms with E-state index in [9.17, 15) is 14.4 Å². The molecule has 0 aliphatic rings. The summed E-state index contributed by atoms with van der Waals surface area (Å²) in [5, 5.41) is 19.8. The highest BCUT2D eigenvalue weighted by Crippen LogP contribution is 2.02. The van der Waals surface area contributed by atoms with Gasteiger partial charge >= 0.3 is 18.0 Å². The lowest BCUT2D eigenvalue weighted by Crippen LogP contribution is -2.49. The minimum atomic E-state index is -1.23. The zero-order chi connectivity index (χ0) is 15.0. The first-order chi connectivity index (χ1) is 8.77. The highest BCUT2D eigenvalue weighted by molar-refractivity contribution is 5.83. The molecule has 3 N–H and O–H groups in total. The average molecular weight is 274 g/mol. The van der Waals surface area contributed by atoms with Crippen molar-refractivity contribution in [3.8, 4) is 0 Å². The molecule has 0 radical (unpaired) electrons. The Labute approximate surface area is 112 Å². The van der Waals surface area contributed by atoms with Crippen LogP contribution < -0.4 is 5.32 Å². The van der Waals surface area contributed by atoms with Crippen LogP contribution in [0.3, 0.4) is 0 Å². The molecule has 0 heterocycles. The van der Waals surface area contributed by atoms with Gasteiger partial charge in [-0.1, -0.05) is 13.8 Å². The molecule has 1 unspecified atom stereocenters. The van der Waals surface area contributed by atoms with Crippen molar-refractivity contribution in [3.05, 3.63) is 0 Å². The van der Waals surface area contributed by atoms with Gasteiger partial charge in [0.25, 0.3) is 0 Å². The highest BCUT2D eigenvalue weighted by atomic mass is 16.4. The molecule has 0 fully saturated rings. The second-order valence-corrected chi connectivity index (χ2v) is 4.71. The van der Waals surface area contributed by atoms with Gasteiger partial charge in [-0.3, -0.25) is 4.79 Å². The number of carboxylic acids is 2. The summed E-state index contributed by atoms with van der Waals surface area (Å²) in [5.74, 6) is -2.04. The fraction of sp³-hybridized carbons (Fsp3) is 0.750. The van der Waals surface area contributed by atoms with E-state index in [1.54, 1.807) is 6.92 Å². The van der Waals surface area contributed by atoms with Crippen molar-refractivity contribution in [2.45, 2.75) is 39.7 Å². The van der Waals surface area contributed by atoms with Gasteiger partial charge in [-0.15, -0.1) is 0 Å². The van der Waals surface area contributed by atoms with Gasteiger partial charge in [0.1, 0.15) is 6.04 Å². The quantitative estimate of drug-likeness (QED) is 0.612. The third kappa shape index (κ3) is 7.28. The Morgan fingerprint density at radius 1 is 1.21 bits per heavy atom. The minimum Gasteiger partial charge on any atom is -0.481 e. The zero-order valence-electron chi connectivity index (χ0n) is 11.5. The SMILES string of the molecule is CCN(CC(C)C)C(=O)NC(CCC(=O)O)C(=O)O.